The zero-order valence-electron chi connectivity index (χ0n) is 11.5. The van der Waals surface area contributed by atoms with Gasteiger partial charge in [-0.05, 0) is 19.1 Å². The zero-order chi connectivity index (χ0) is 14.3. The molecule has 1 N–H and O–H groups in total. The van der Waals surface area contributed by atoms with Gasteiger partial charge in [0.15, 0.2) is 0 Å². The fourth-order valence-electron chi connectivity index (χ4n) is 1.53. The van der Waals surface area contributed by atoms with E-state index in [4.69, 9.17) is 4.74 Å². The van der Waals surface area contributed by atoms with Crippen molar-refractivity contribution in [2.24, 2.45) is 0 Å². The number of anilines is 1. The average Bonchev–Trinajstić information content (AvgIpc) is 2.44. The van der Waals surface area contributed by atoms with Crippen molar-refractivity contribution in [3.63, 3.8) is 0 Å². The molecule has 104 valence electrons. The van der Waals surface area contributed by atoms with Crippen LogP contribution in [0.2, 0.25) is 0 Å². The standard InChI is InChI=1S/C13H19N3O3/c1-4-19-12(17)6-8-16(3)10-5-7-15-11(9-10)13(18)14-2/h5,7,9H,4,6,8H2,1-3H3,(H,14,18). The van der Waals surface area contributed by atoms with E-state index in [1.54, 1.807) is 32.3 Å². The van der Waals surface area contributed by atoms with E-state index >= 15 is 0 Å². The second-order valence-electron chi connectivity index (χ2n) is 3.95. The fourth-order valence-corrected chi connectivity index (χ4v) is 1.53. The van der Waals surface area contributed by atoms with Gasteiger partial charge in [-0.1, -0.05) is 0 Å². The summed E-state index contributed by atoms with van der Waals surface area (Å²) in [5.74, 6) is -0.462. The highest BCUT2D eigenvalue weighted by Gasteiger charge is 2.09. The van der Waals surface area contributed by atoms with Crippen molar-refractivity contribution in [2.45, 2.75) is 13.3 Å². The number of rotatable bonds is 6. The van der Waals surface area contributed by atoms with Crippen LogP contribution >= 0.6 is 0 Å². The number of carbonyl (C=O) groups excluding carboxylic acids is 2. The molecule has 0 radical (unpaired) electrons. The molecule has 0 bridgehead atoms. The summed E-state index contributed by atoms with van der Waals surface area (Å²) in [5.41, 5.74) is 1.18. The molecule has 0 spiro atoms. The molecule has 0 aliphatic heterocycles. The Morgan fingerprint density at radius 2 is 2.21 bits per heavy atom. The Morgan fingerprint density at radius 3 is 2.84 bits per heavy atom. The molecular weight excluding hydrogens is 246 g/mol. The van der Waals surface area contributed by atoms with Crippen molar-refractivity contribution >= 4 is 17.6 Å². The minimum atomic E-state index is -0.236. The molecule has 1 rings (SSSR count). The van der Waals surface area contributed by atoms with E-state index in [9.17, 15) is 9.59 Å². The molecular formula is C13H19N3O3. The number of nitrogens with zero attached hydrogens (tertiary/aromatic N) is 2. The van der Waals surface area contributed by atoms with Crippen LogP contribution in [0.5, 0.6) is 0 Å². The Hall–Kier alpha value is -2.11. The van der Waals surface area contributed by atoms with Crippen molar-refractivity contribution in [3.05, 3.63) is 24.0 Å². The van der Waals surface area contributed by atoms with E-state index in [1.807, 2.05) is 11.9 Å². The summed E-state index contributed by atoms with van der Waals surface area (Å²) in [4.78, 5) is 28.6. The normalized spacial score (nSPS) is 9.84. The first-order valence-corrected chi connectivity index (χ1v) is 6.13. The first-order chi connectivity index (χ1) is 9.08. The van der Waals surface area contributed by atoms with Crippen LogP contribution < -0.4 is 10.2 Å². The molecule has 0 aliphatic carbocycles. The molecule has 0 aliphatic rings. The van der Waals surface area contributed by atoms with Crippen LogP contribution in [0.15, 0.2) is 18.3 Å². The molecule has 19 heavy (non-hydrogen) atoms. The second-order valence-corrected chi connectivity index (χ2v) is 3.95. The zero-order valence-corrected chi connectivity index (χ0v) is 11.5. The van der Waals surface area contributed by atoms with Gasteiger partial charge in [-0.15, -0.1) is 0 Å². The quantitative estimate of drug-likeness (QED) is 0.771. The highest BCUT2D eigenvalue weighted by Crippen LogP contribution is 2.13. The predicted octanol–water partition coefficient (Wildman–Crippen LogP) is 0.831. The molecule has 0 fully saturated rings. The molecule has 1 aromatic rings. The smallest absolute Gasteiger partial charge is 0.307 e. The van der Waals surface area contributed by atoms with Gasteiger partial charge in [-0.2, -0.15) is 0 Å². The van der Waals surface area contributed by atoms with Crippen LogP contribution in [0.1, 0.15) is 23.8 Å². The topological polar surface area (TPSA) is 71.5 Å². The number of carbonyl (C=O) groups is 2. The lowest BCUT2D eigenvalue weighted by molar-refractivity contribution is -0.142. The number of esters is 1. The maximum Gasteiger partial charge on any atom is 0.307 e. The van der Waals surface area contributed by atoms with Crippen molar-refractivity contribution in [3.8, 4) is 0 Å². The lowest BCUT2D eigenvalue weighted by atomic mass is 10.2. The van der Waals surface area contributed by atoms with Crippen LogP contribution in [-0.4, -0.2) is 44.1 Å². The van der Waals surface area contributed by atoms with E-state index in [1.165, 1.54) is 0 Å². The highest BCUT2D eigenvalue weighted by molar-refractivity contribution is 5.92. The minimum Gasteiger partial charge on any atom is -0.466 e. The van der Waals surface area contributed by atoms with Crippen LogP contribution in [-0.2, 0) is 9.53 Å². The summed E-state index contributed by atoms with van der Waals surface area (Å²) in [7, 11) is 3.41. The highest BCUT2D eigenvalue weighted by atomic mass is 16.5. The third-order valence-corrected chi connectivity index (χ3v) is 2.60. The summed E-state index contributed by atoms with van der Waals surface area (Å²) in [6.45, 7) is 2.69. The molecule has 1 aromatic heterocycles. The summed E-state index contributed by atoms with van der Waals surface area (Å²) >= 11 is 0. The van der Waals surface area contributed by atoms with Gasteiger partial charge in [0.05, 0.1) is 13.0 Å². The Kier molecular flexibility index (Phi) is 5.78. The van der Waals surface area contributed by atoms with Gasteiger partial charge >= 0.3 is 5.97 Å². The van der Waals surface area contributed by atoms with Crippen molar-refractivity contribution in [2.75, 3.05) is 32.1 Å². The third kappa shape index (κ3) is 4.57. The summed E-state index contributed by atoms with van der Waals surface area (Å²) in [5, 5.41) is 2.52. The predicted molar refractivity (Wildman–Crippen MR) is 72.1 cm³/mol. The molecule has 0 saturated carbocycles. The number of pyridine rings is 1. The average molecular weight is 265 g/mol. The Bertz CT molecular complexity index is 449. The number of hydrogen-bond acceptors (Lipinski definition) is 5. The largest absolute Gasteiger partial charge is 0.466 e. The third-order valence-electron chi connectivity index (χ3n) is 2.60. The summed E-state index contributed by atoms with van der Waals surface area (Å²) in [6, 6.07) is 3.47. The molecule has 0 atom stereocenters. The molecule has 0 aromatic carbocycles. The Labute approximate surface area is 112 Å². The van der Waals surface area contributed by atoms with E-state index in [-0.39, 0.29) is 11.9 Å². The van der Waals surface area contributed by atoms with E-state index in [0.29, 0.717) is 25.3 Å². The van der Waals surface area contributed by atoms with E-state index < -0.39 is 0 Å². The monoisotopic (exact) mass is 265 g/mol. The molecule has 6 nitrogen and oxygen atoms in total. The molecule has 1 amide bonds. The van der Waals surface area contributed by atoms with Gasteiger partial charge in [0, 0.05) is 32.5 Å². The van der Waals surface area contributed by atoms with Crippen molar-refractivity contribution in [1.82, 2.24) is 10.3 Å². The number of nitrogens with one attached hydrogen (secondary N) is 1. The fraction of sp³-hybridized carbons (Fsp3) is 0.462. The van der Waals surface area contributed by atoms with E-state index in [0.717, 1.165) is 5.69 Å². The molecule has 6 heteroatoms. The first kappa shape index (κ1) is 14.9. The SMILES string of the molecule is CCOC(=O)CCN(C)c1ccnc(C(=O)NC)c1. The van der Waals surface area contributed by atoms with Crippen molar-refractivity contribution in [1.29, 1.82) is 0 Å². The van der Waals surface area contributed by atoms with Crippen LogP contribution in [0.4, 0.5) is 5.69 Å². The number of hydrogen-bond donors (Lipinski definition) is 1. The maximum absolute atomic E-state index is 11.5. The van der Waals surface area contributed by atoms with Gasteiger partial charge < -0.3 is 15.0 Å². The number of aromatic nitrogens is 1. The van der Waals surface area contributed by atoms with Crippen molar-refractivity contribution < 1.29 is 14.3 Å². The van der Waals surface area contributed by atoms with Crippen LogP contribution in [0, 0.1) is 0 Å². The molecule has 0 saturated heterocycles. The number of ether oxygens (including phenoxy) is 1. The van der Waals surface area contributed by atoms with Gasteiger partial charge in [0.1, 0.15) is 5.69 Å². The lowest BCUT2D eigenvalue weighted by Crippen LogP contribution is -2.23. The van der Waals surface area contributed by atoms with Crippen LogP contribution in [0.3, 0.4) is 0 Å². The Balaban J connectivity index is 2.64. The minimum absolute atomic E-state index is 0.227. The summed E-state index contributed by atoms with van der Waals surface area (Å²) < 4.78 is 4.87. The lowest BCUT2D eigenvalue weighted by Gasteiger charge is -2.19. The van der Waals surface area contributed by atoms with Gasteiger partial charge in [-0.25, -0.2) is 0 Å². The number of amides is 1. The summed E-state index contributed by atoms with van der Waals surface area (Å²) in [6.07, 6.45) is 1.88. The second kappa shape index (κ2) is 7.35. The first-order valence-electron chi connectivity index (χ1n) is 6.13. The molecule has 1 heterocycles. The maximum atomic E-state index is 11.5. The van der Waals surface area contributed by atoms with Crippen LogP contribution in [0.25, 0.3) is 0 Å². The van der Waals surface area contributed by atoms with Gasteiger partial charge in [-0.3, -0.25) is 14.6 Å². The Morgan fingerprint density at radius 1 is 1.47 bits per heavy atom. The van der Waals surface area contributed by atoms with Gasteiger partial charge in [0.25, 0.3) is 5.91 Å². The van der Waals surface area contributed by atoms with Gasteiger partial charge in [0.2, 0.25) is 0 Å². The molecule has 0 unspecified atom stereocenters. The van der Waals surface area contributed by atoms with E-state index in [2.05, 4.69) is 10.3 Å².